The van der Waals surface area contributed by atoms with Crippen LogP contribution in [0.5, 0.6) is 0 Å². The number of allylic oxidation sites excluding steroid dienone is 1. The van der Waals surface area contributed by atoms with Gasteiger partial charge in [0.1, 0.15) is 6.10 Å². The minimum Gasteiger partial charge on any atom is -0.465 e. The Labute approximate surface area is 311 Å². The van der Waals surface area contributed by atoms with Gasteiger partial charge < -0.3 is 19.5 Å². The number of unbranched alkanes of at least 4 members (excludes halogenated alkanes) is 22. The highest BCUT2D eigenvalue weighted by atomic mass is 16.5. The molecule has 0 unspecified atom stereocenters. The molecule has 0 saturated carbocycles. The van der Waals surface area contributed by atoms with E-state index in [1.807, 2.05) is 6.08 Å². The van der Waals surface area contributed by atoms with Crippen molar-refractivity contribution in [2.24, 2.45) is 0 Å². The molecule has 0 aromatic heterocycles. The van der Waals surface area contributed by atoms with Gasteiger partial charge in [-0.25, -0.2) is 0 Å². The molecule has 0 bridgehead atoms. The molecule has 0 rings (SSSR count). The molecule has 0 saturated heterocycles. The number of ether oxygens (including phenoxy) is 2. The number of aliphatic hydroxyl groups is 1. The summed E-state index contributed by atoms with van der Waals surface area (Å²) in [5, 5.41) is 9.53. The maximum atomic E-state index is 12.7. The van der Waals surface area contributed by atoms with Crippen LogP contribution in [-0.2, 0) is 19.1 Å². The molecule has 1 N–H and O–H groups in total. The SMILES string of the molecule is CCCCCC/C=C\CC(=O)OCCCCCCCN(CCO)CCCCCCCC(=O)OC(CCCCCCCC)CCCCCCCC. The number of esters is 2. The van der Waals surface area contributed by atoms with E-state index in [0.29, 0.717) is 19.4 Å². The van der Waals surface area contributed by atoms with Gasteiger partial charge in [-0.05, 0) is 77.3 Å². The standard InChI is InChI=1S/C44H85NO5/c1-4-7-10-13-16-21-28-35-43(47)49-41-32-25-18-24-31-38-45(39-40-46)37-30-23-17-22-29-36-44(48)50-42(33-26-19-14-11-8-5-2)34-27-20-15-12-9-6-3/h21,28,42,46H,4-20,22-27,29-41H2,1-3H3/b28-21-. The first kappa shape index (κ1) is 48.6. The number of aliphatic hydroxyl groups excluding tert-OH is 1. The summed E-state index contributed by atoms with van der Waals surface area (Å²) in [6.45, 7) is 10.3. The first-order chi connectivity index (χ1) is 24.6. The topological polar surface area (TPSA) is 76.1 Å². The molecule has 0 aliphatic rings. The van der Waals surface area contributed by atoms with Gasteiger partial charge in [-0.15, -0.1) is 0 Å². The first-order valence-electron chi connectivity index (χ1n) is 21.9. The summed E-state index contributed by atoms with van der Waals surface area (Å²) in [6, 6.07) is 0. The third kappa shape index (κ3) is 36.4. The van der Waals surface area contributed by atoms with Crippen molar-refractivity contribution in [1.29, 1.82) is 0 Å². The van der Waals surface area contributed by atoms with Crippen molar-refractivity contribution < 1.29 is 24.2 Å². The molecule has 0 aliphatic carbocycles. The normalized spacial score (nSPS) is 11.7. The highest BCUT2D eigenvalue weighted by Crippen LogP contribution is 2.18. The Morgan fingerprint density at radius 1 is 0.540 bits per heavy atom. The van der Waals surface area contributed by atoms with Gasteiger partial charge >= 0.3 is 11.9 Å². The quantitative estimate of drug-likeness (QED) is 0.0388. The predicted molar refractivity (Wildman–Crippen MR) is 214 cm³/mol. The molecular formula is C44H85NO5. The summed E-state index contributed by atoms with van der Waals surface area (Å²) in [6.07, 6.45) is 39.6. The van der Waals surface area contributed by atoms with Crippen LogP contribution < -0.4 is 0 Å². The van der Waals surface area contributed by atoms with E-state index >= 15 is 0 Å². The van der Waals surface area contributed by atoms with E-state index in [1.165, 1.54) is 116 Å². The van der Waals surface area contributed by atoms with E-state index in [4.69, 9.17) is 9.47 Å². The smallest absolute Gasteiger partial charge is 0.309 e. The maximum absolute atomic E-state index is 12.7. The lowest BCUT2D eigenvalue weighted by atomic mass is 10.0. The highest BCUT2D eigenvalue weighted by molar-refractivity contribution is 5.71. The van der Waals surface area contributed by atoms with E-state index in [1.54, 1.807) is 0 Å². The molecule has 6 nitrogen and oxygen atoms in total. The van der Waals surface area contributed by atoms with Crippen LogP contribution >= 0.6 is 0 Å². The van der Waals surface area contributed by atoms with Crippen LogP contribution in [0.15, 0.2) is 12.2 Å². The molecule has 0 atom stereocenters. The van der Waals surface area contributed by atoms with Gasteiger partial charge in [-0.1, -0.05) is 155 Å². The van der Waals surface area contributed by atoms with Crippen molar-refractivity contribution in [1.82, 2.24) is 4.90 Å². The highest BCUT2D eigenvalue weighted by Gasteiger charge is 2.14. The largest absolute Gasteiger partial charge is 0.465 e. The minimum atomic E-state index is -0.113. The average molecular weight is 708 g/mol. The fourth-order valence-corrected chi connectivity index (χ4v) is 6.62. The third-order valence-electron chi connectivity index (χ3n) is 9.89. The van der Waals surface area contributed by atoms with Gasteiger partial charge in [-0.3, -0.25) is 9.59 Å². The van der Waals surface area contributed by atoms with Crippen molar-refractivity contribution >= 4 is 11.9 Å². The molecule has 0 spiro atoms. The van der Waals surface area contributed by atoms with Gasteiger partial charge in [0.2, 0.25) is 0 Å². The van der Waals surface area contributed by atoms with Crippen LogP contribution in [0.1, 0.15) is 220 Å². The second-order valence-electron chi connectivity index (χ2n) is 14.8. The van der Waals surface area contributed by atoms with Crippen molar-refractivity contribution in [3.05, 3.63) is 12.2 Å². The molecule has 0 fully saturated rings. The zero-order valence-corrected chi connectivity index (χ0v) is 33.7. The van der Waals surface area contributed by atoms with E-state index in [-0.39, 0.29) is 24.6 Å². The fourth-order valence-electron chi connectivity index (χ4n) is 6.62. The lowest BCUT2D eigenvalue weighted by Gasteiger charge is -2.21. The predicted octanol–water partition coefficient (Wildman–Crippen LogP) is 12.4. The summed E-state index contributed by atoms with van der Waals surface area (Å²) >= 11 is 0. The third-order valence-corrected chi connectivity index (χ3v) is 9.89. The number of hydrogen-bond donors (Lipinski definition) is 1. The van der Waals surface area contributed by atoms with E-state index in [0.717, 1.165) is 90.3 Å². The van der Waals surface area contributed by atoms with Crippen molar-refractivity contribution in [2.45, 2.75) is 226 Å². The van der Waals surface area contributed by atoms with Gasteiger partial charge in [-0.2, -0.15) is 0 Å². The Kier molecular flexibility index (Phi) is 39.2. The minimum absolute atomic E-state index is 0.0123. The molecule has 0 radical (unpaired) electrons. The number of carbonyl (C=O) groups is 2. The number of rotatable bonds is 40. The second-order valence-corrected chi connectivity index (χ2v) is 14.8. The lowest BCUT2D eigenvalue weighted by molar-refractivity contribution is -0.150. The molecule has 6 heteroatoms. The molecule has 0 amide bonds. The van der Waals surface area contributed by atoms with Crippen LogP contribution in [0.2, 0.25) is 0 Å². The van der Waals surface area contributed by atoms with Crippen LogP contribution in [0.3, 0.4) is 0 Å². The van der Waals surface area contributed by atoms with Crippen LogP contribution in [0.4, 0.5) is 0 Å². The fraction of sp³-hybridized carbons (Fsp3) is 0.909. The summed E-state index contributed by atoms with van der Waals surface area (Å²) in [4.78, 5) is 26.9. The summed E-state index contributed by atoms with van der Waals surface area (Å²) in [5.41, 5.74) is 0. The molecule has 0 aromatic carbocycles. The number of carbonyl (C=O) groups excluding carboxylic acids is 2. The maximum Gasteiger partial charge on any atom is 0.309 e. The molecule has 296 valence electrons. The van der Waals surface area contributed by atoms with Crippen LogP contribution in [0, 0.1) is 0 Å². The summed E-state index contributed by atoms with van der Waals surface area (Å²) < 4.78 is 11.4. The second kappa shape index (κ2) is 40.4. The van der Waals surface area contributed by atoms with Gasteiger partial charge in [0.25, 0.3) is 0 Å². The van der Waals surface area contributed by atoms with E-state index in [9.17, 15) is 14.7 Å². The lowest BCUT2D eigenvalue weighted by Crippen LogP contribution is -2.29. The van der Waals surface area contributed by atoms with E-state index < -0.39 is 0 Å². The zero-order chi connectivity index (χ0) is 36.6. The van der Waals surface area contributed by atoms with E-state index in [2.05, 4.69) is 31.7 Å². The van der Waals surface area contributed by atoms with Crippen molar-refractivity contribution in [2.75, 3.05) is 32.8 Å². The van der Waals surface area contributed by atoms with Gasteiger partial charge in [0, 0.05) is 13.0 Å². The molecule has 0 heterocycles. The van der Waals surface area contributed by atoms with Crippen molar-refractivity contribution in [3.8, 4) is 0 Å². The molecule has 50 heavy (non-hydrogen) atoms. The summed E-state index contributed by atoms with van der Waals surface area (Å²) in [7, 11) is 0. The van der Waals surface area contributed by atoms with Crippen molar-refractivity contribution in [3.63, 3.8) is 0 Å². The van der Waals surface area contributed by atoms with Gasteiger partial charge in [0.05, 0.1) is 19.6 Å². The Morgan fingerprint density at radius 2 is 1.02 bits per heavy atom. The van der Waals surface area contributed by atoms with Crippen LogP contribution in [0.25, 0.3) is 0 Å². The Bertz CT molecular complexity index is 726. The molecule has 0 aliphatic heterocycles. The first-order valence-corrected chi connectivity index (χ1v) is 21.9. The summed E-state index contributed by atoms with van der Waals surface area (Å²) in [5.74, 6) is -0.100. The molecule has 0 aromatic rings. The van der Waals surface area contributed by atoms with Crippen LogP contribution in [-0.4, -0.2) is 60.9 Å². The Balaban J connectivity index is 3.96. The zero-order valence-electron chi connectivity index (χ0n) is 33.7. The number of hydrogen-bond acceptors (Lipinski definition) is 6. The monoisotopic (exact) mass is 708 g/mol. The molecular weight excluding hydrogens is 622 g/mol. The Hall–Kier alpha value is -1.40. The number of nitrogens with zero attached hydrogens (tertiary/aromatic N) is 1. The van der Waals surface area contributed by atoms with Gasteiger partial charge in [0.15, 0.2) is 0 Å². The Morgan fingerprint density at radius 3 is 1.58 bits per heavy atom. The average Bonchev–Trinajstić information content (AvgIpc) is 3.11.